The van der Waals surface area contributed by atoms with Gasteiger partial charge in [-0.2, -0.15) is 0 Å². The van der Waals surface area contributed by atoms with E-state index in [1.165, 1.54) is 0 Å². The number of hydrogen-bond acceptors (Lipinski definition) is 3. The second-order valence-corrected chi connectivity index (χ2v) is 9.04. The molecule has 3 unspecified atom stereocenters. The smallest absolute Gasteiger partial charge is 0.150 e. The molecule has 0 aromatic carbocycles. The molecule has 0 radical (unpaired) electrons. The van der Waals surface area contributed by atoms with Crippen LogP contribution in [0.5, 0.6) is 0 Å². The van der Waals surface area contributed by atoms with Crippen LogP contribution in [0.4, 0.5) is 0 Å². The van der Waals surface area contributed by atoms with Crippen LogP contribution in [0.1, 0.15) is 53.4 Å². The maximum atomic E-state index is 11.6. The molecule has 3 nitrogen and oxygen atoms in total. The second-order valence-electron chi connectivity index (χ2n) is 6.57. The Morgan fingerprint density at radius 2 is 1.89 bits per heavy atom. The summed E-state index contributed by atoms with van der Waals surface area (Å²) in [6, 6.07) is 0. The van der Waals surface area contributed by atoms with Gasteiger partial charge in [0, 0.05) is 5.75 Å². The van der Waals surface area contributed by atoms with E-state index in [0.29, 0.717) is 12.3 Å². The predicted molar refractivity (Wildman–Crippen MR) is 75.2 cm³/mol. The highest BCUT2D eigenvalue weighted by molar-refractivity contribution is 7.91. The highest BCUT2D eigenvalue weighted by Gasteiger charge is 2.38. The molecule has 4 heteroatoms. The molecule has 0 aromatic heterocycles. The zero-order valence-corrected chi connectivity index (χ0v) is 13.0. The van der Waals surface area contributed by atoms with Gasteiger partial charge in [0.15, 0.2) is 0 Å². The van der Waals surface area contributed by atoms with E-state index in [0.717, 1.165) is 19.3 Å². The van der Waals surface area contributed by atoms with Crippen molar-refractivity contribution in [3.63, 3.8) is 0 Å². The van der Waals surface area contributed by atoms with Crippen LogP contribution in [0.15, 0.2) is 0 Å². The van der Waals surface area contributed by atoms with Crippen LogP contribution < -0.4 is 0 Å². The van der Waals surface area contributed by atoms with Crippen molar-refractivity contribution < 1.29 is 13.5 Å². The molecule has 0 heterocycles. The van der Waals surface area contributed by atoms with Gasteiger partial charge in [0.2, 0.25) is 0 Å². The predicted octanol–water partition coefficient (Wildman–Crippen LogP) is 2.63. The van der Waals surface area contributed by atoms with Crippen molar-refractivity contribution in [3.05, 3.63) is 0 Å². The topological polar surface area (TPSA) is 54.4 Å². The number of aliphatic hydroxyl groups excluding tert-OH is 1. The zero-order chi connectivity index (χ0) is 14.0. The summed E-state index contributed by atoms with van der Waals surface area (Å²) < 4.78 is 23.2. The molecule has 18 heavy (non-hydrogen) atoms. The molecule has 1 aliphatic rings. The van der Waals surface area contributed by atoms with Crippen LogP contribution in [0, 0.1) is 17.3 Å². The van der Waals surface area contributed by atoms with E-state index in [4.69, 9.17) is 0 Å². The average Bonchev–Trinajstić information content (AvgIpc) is 2.26. The normalized spacial score (nSPS) is 30.4. The fraction of sp³-hybridized carbons (Fsp3) is 1.00. The Labute approximate surface area is 112 Å². The Morgan fingerprint density at radius 3 is 2.39 bits per heavy atom. The van der Waals surface area contributed by atoms with Crippen molar-refractivity contribution in [3.8, 4) is 0 Å². The average molecular weight is 276 g/mol. The maximum absolute atomic E-state index is 11.6. The fourth-order valence-corrected chi connectivity index (χ4v) is 4.14. The van der Waals surface area contributed by atoms with E-state index >= 15 is 0 Å². The van der Waals surface area contributed by atoms with Gasteiger partial charge in [-0.1, -0.05) is 34.1 Å². The summed E-state index contributed by atoms with van der Waals surface area (Å²) >= 11 is 0. The lowest BCUT2D eigenvalue weighted by Gasteiger charge is -2.42. The standard InChI is InChI=1S/C14H28O3S/c1-5-18(16,17)9-8-14(3,4)12-7-6-11(2)10-13(12)15/h11-13,15H,5-10H2,1-4H3. The van der Waals surface area contributed by atoms with Crippen LogP contribution in [0.25, 0.3) is 0 Å². The van der Waals surface area contributed by atoms with Gasteiger partial charge in [-0.05, 0) is 36.5 Å². The van der Waals surface area contributed by atoms with Crippen molar-refractivity contribution in [2.45, 2.75) is 59.5 Å². The first-order chi connectivity index (χ1) is 8.18. The van der Waals surface area contributed by atoms with Crippen LogP contribution in [-0.2, 0) is 9.84 Å². The minimum absolute atomic E-state index is 0.0954. The molecule has 0 saturated heterocycles. The first kappa shape index (κ1) is 16.0. The molecular weight excluding hydrogens is 248 g/mol. The van der Waals surface area contributed by atoms with E-state index in [9.17, 15) is 13.5 Å². The highest BCUT2D eigenvalue weighted by Crippen LogP contribution is 2.42. The van der Waals surface area contributed by atoms with Gasteiger partial charge in [0.25, 0.3) is 0 Å². The second kappa shape index (κ2) is 5.91. The fourth-order valence-electron chi connectivity index (χ4n) is 3.01. The molecule has 0 amide bonds. The van der Waals surface area contributed by atoms with Crippen molar-refractivity contribution in [2.75, 3.05) is 11.5 Å². The lowest BCUT2D eigenvalue weighted by atomic mass is 9.66. The van der Waals surface area contributed by atoms with E-state index in [2.05, 4.69) is 20.8 Å². The molecule has 1 rings (SSSR count). The molecule has 1 aliphatic carbocycles. The van der Waals surface area contributed by atoms with E-state index < -0.39 is 9.84 Å². The minimum Gasteiger partial charge on any atom is -0.393 e. The van der Waals surface area contributed by atoms with Gasteiger partial charge >= 0.3 is 0 Å². The third kappa shape index (κ3) is 4.23. The van der Waals surface area contributed by atoms with Crippen LogP contribution >= 0.6 is 0 Å². The summed E-state index contributed by atoms with van der Waals surface area (Å²) in [4.78, 5) is 0. The van der Waals surface area contributed by atoms with Gasteiger partial charge in [0.05, 0.1) is 11.9 Å². The quantitative estimate of drug-likeness (QED) is 0.840. The number of rotatable bonds is 5. The third-order valence-electron chi connectivity index (χ3n) is 4.58. The monoisotopic (exact) mass is 276 g/mol. The number of hydrogen-bond donors (Lipinski definition) is 1. The van der Waals surface area contributed by atoms with E-state index in [-0.39, 0.29) is 28.9 Å². The minimum atomic E-state index is -2.90. The van der Waals surface area contributed by atoms with Crippen molar-refractivity contribution in [1.82, 2.24) is 0 Å². The summed E-state index contributed by atoms with van der Waals surface area (Å²) in [5.41, 5.74) is -0.0954. The summed E-state index contributed by atoms with van der Waals surface area (Å²) in [6.07, 6.45) is 3.40. The van der Waals surface area contributed by atoms with Crippen LogP contribution in [0.3, 0.4) is 0 Å². The first-order valence-corrected chi connectivity index (χ1v) is 8.88. The summed E-state index contributed by atoms with van der Waals surface area (Å²) in [5.74, 6) is 1.29. The molecule has 1 fully saturated rings. The molecule has 0 aromatic rings. The Balaban J connectivity index is 2.63. The van der Waals surface area contributed by atoms with Gasteiger partial charge in [-0.15, -0.1) is 0 Å². The molecule has 1 N–H and O–H groups in total. The lowest BCUT2D eigenvalue weighted by molar-refractivity contribution is -0.0138. The molecule has 0 spiro atoms. The SMILES string of the molecule is CCS(=O)(=O)CCC(C)(C)C1CCC(C)CC1O. The van der Waals surface area contributed by atoms with Crippen molar-refractivity contribution in [1.29, 1.82) is 0 Å². The highest BCUT2D eigenvalue weighted by atomic mass is 32.2. The molecular formula is C14H28O3S. The Bertz CT molecular complexity index is 359. The Kier molecular flexibility index (Phi) is 5.24. The van der Waals surface area contributed by atoms with Gasteiger partial charge in [0.1, 0.15) is 9.84 Å². The largest absolute Gasteiger partial charge is 0.393 e. The van der Waals surface area contributed by atoms with E-state index in [1.807, 2.05) is 0 Å². The third-order valence-corrected chi connectivity index (χ3v) is 6.29. The van der Waals surface area contributed by atoms with Crippen molar-refractivity contribution >= 4 is 9.84 Å². The molecule has 0 aliphatic heterocycles. The summed E-state index contributed by atoms with van der Waals surface area (Å²) in [6.45, 7) is 8.07. The maximum Gasteiger partial charge on any atom is 0.150 e. The Hall–Kier alpha value is -0.0900. The lowest BCUT2D eigenvalue weighted by Crippen LogP contribution is -2.39. The number of aliphatic hydroxyl groups is 1. The van der Waals surface area contributed by atoms with Gasteiger partial charge in [-0.25, -0.2) is 8.42 Å². The van der Waals surface area contributed by atoms with Gasteiger partial charge in [-0.3, -0.25) is 0 Å². The molecule has 108 valence electrons. The zero-order valence-electron chi connectivity index (χ0n) is 12.1. The molecule has 0 bridgehead atoms. The van der Waals surface area contributed by atoms with E-state index in [1.54, 1.807) is 6.92 Å². The molecule has 1 saturated carbocycles. The summed E-state index contributed by atoms with van der Waals surface area (Å²) in [7, 11) is -2.90. The Morgan fingerprint density at radius 1 is 1.28 bits per heavy atom. The van der Waals surface area contributed by atoms with Crippen molar-refractivity contribution in [2.24, 2.45) is 17.3 Å². The van der Waals surface area contributed by atoms with Gasteiger partial charge < -0.3 is 5.11 Å². The number of sulfone groups is 1. The molecule has 3 atom stereocenters. The van der Waals surface area contributed by atoms with Crippen LogP contribution in [0.2, 0.25) is 0 Å². The first-order valence-electron chi connectivity index (χ1n) is 7.06. The van der Waals surface area contributed by atoms with Crippen LogP contribution in [-0.4, -0.2) is 31.1 Å². The summed E-state index contributed by atoms with van der Waals surface area (Å²) in [5, 5.41) is 10.2.